The molecule has 0 fully saturated rings. The van der Waals surface area contributed by atoms with Crippen LogP contribution in [-0.4, -0.2) is 21.2 Å². The molecule has 29 heavy (non-hydrogen) atoms. The summed E-state index contributed by atoms with van der Waals surface area (Å²) in [6.45, 7) is 2.86. The van der Waals surface area contributed by atoms with Gasteiger partial charge in [-0.3, -0.25) is 0 Å². The van der Waals surface area contributed by atoms with Crippen molar-refractivity contribution in [1.29, 1.82) is 0 Å². The highest BCUT2D eigenvalue weighted by atomic mass is 16.5. The van der Waals surface area contributed by atoms with E-state index in [1.165, 1.54) is 30.4 Å². The van der Waals surface area contributed by atoms with Crippen LogP contribution in [0.3, 0.4) is 0 Å². The highest BCUT2D eigenvalue weighted by Crippen LogP contribution is 2.18. The summed E-state index contributed by atoms with van der Waals surface area (Å²) >= 11 is 0. The Morgan fingerprint density at radius 3 is 2.24 bits per heavy atom. The van der Waals surface area contributed by atoms with Gasteiger partial charge >= 0.3 is 0 Å². The SMILES string of the molecule is CC(CCCCCCc1cnc(-c2ccc(O)cc2)nc1)OCc1ccccc1. The van der Waals surface area contributed by atoms with Gasteiger partial charge in [0.2, 0.25) is 0 Å². The Kier molecular flexibility index (Phi) is 8.20. The van der Waals surface area contributed by atoms with Gasteiger partial charge in [0.05, 0.1) is 12.7 Å². The first-order chi connectivity index (χ1) is 14.2. The Hall–Kier alpha value is -2.72. The minimum atomic E-state index is 0.252. The number of unbranched alkanes of at least 4 members (excludes halogenated alkanes) is 3. The second-order valence-electron chi connectivity index (χ2n) is 7.52. The van der Waals surface area contributed by atoms with E-state index >= 15 is 0 Å². The van der Waals surface area contributed by atoms with E-state index in [1.807, 2.05) is 30.6 Å². The molecular formula is C25H30N2O2. The summed E-state index contributed by atoms with van der Waals surface area (Å²) in [5.74, 6) is 0.945. The van der Waals surface area contributed by atoms with Gasteiger partial charge in [0.1, 0.15) is 5.75 Å². The lowest BCUT2D eigenvalue weighted by molar-refractivity contribution is 0.0459. The summed E-state index contributed by atoms with van der Waals surface area (Å²) in [5.41, 5.74) is 3.32. The molecule has 0 aliphatic heterocycles. The molecule has 0 saturated heterocycles. The first-order valence-electron chi connectivity index (χ1n) is 10.5. The van der Waals surface area contributed by atoms with Crippen LogP contribution in [0.4, 0.5) is 0 Å². The van der Waals surface area contributed by atoms with Crippen LogP contribution in [0, 0.1) is 0 Å². The van der Waals surface area contributed by atoms with Crippen molar-refractivity contribution in [3.63, 3.8) is 0 Å². The zero-order valence-electron chi connectivity index (χ0n) is 17.1. The lowest BCUT2D eigenvalue weighted by atomic mass is 10.1. The summed E-state index contributed by atoms with van der Waals surface area (Å²) in [6, 6.07) is 17.3. The number of hydrogen-bond acceptors (Lipinski definition) is 4. The minimum absolute atomic E-state index is 0.252. The van der Waals surface area contributed by atoms with Crippen LogP contribution >= 0.6 is 0 Å². The first kappa shape index (κ1) is 21.0. The van der Waals surface area contributed by atoms with Gasteiger partial charge in [-0.1, -0.05) is 49.6 Å². The summed E-state index contributed by atoms with van der Waals surface area (Å²) < 4.78 is 5.93. The van der Waals surface area contributed by atoms with Crippen molar-refractivity contribution >= 4 is 0 Å². The molecule has 0 amide bonds. The van der Waals surface area contributed by atoms with Crippen molar-refractivity contribution in [3.8, 4) is 17.1 Å². The van der Waals surface area contributed by atoms with Crippen molar-refractivity contribution in [2.24, 2.45) is 0 Å². The number of ether oxygens (including phenoxy) is 1. The van der Waals surface area contributed by atoms with Crippen molar-refractivity contribution < 1.29 is 9.84 Å². The van der Waals surface area contributed by atoms with Gasteiger partial charge in [0.15, 0.2) is 5.82 Å². The lowest BCUT2D eigenvalue weighted by Gasteiger charge is -2.13. The quantitative estimate of drug-likeness (QED) is 0.411. The molecule has 1 unspecified atom stereocenters. The fraction of sp³-hybridized carbons (Fsp3) is 0.360. The van der Waals surface area contributed by atoms with E-state index in [-0.39, 0.29) is 5.75 Å². The van der Waals surface area contributed by atoms with E-state index < -0.39 is 0 Å². The van der Waals surface area contributed by atoms with Crippen LogP contribution < -0.4 is 0 Å². The lowest BCUT2D eigenvalue weighted by Crippen LogP contribution is -2.07. The van der Waals surface area contributed by atoms with Gasteiger partial charge in [0, 0.05) is 18.0 Å². The maximum absolute atomic E-state index is 9.36. The standard InChI is InChI=1S/C25H30N2O2/c1-20(29-19-21-10-7-4-8-11-21)9-5-2-3-6-12-22-17-26-25(27-18-22)23-13-15-24(28)16-14-23/h4,7-8,10-11,13-18,20,28H,2-3,5-6,9,12,19H2,1H3. The number of benzene rings is 2. The Balaban J connectivity index is 1.28. The predicted octanol–water partition coefficient (Wildman–Crippen LogP) is 5.95. The van der Waals surface area contributed by atoms with Crippen molar-refractivity contribution in [1.82, 2.24) is 9.97 Å². The molecule has 4 heteroatoms. The number of hydrogen-bond donors (Lipinski definition) is 1. The number of aromatic nitrogens is 2. The Morgan fingerprint density at radius 2 is 1.52 bits per heavy atom. The molecule has 4 nitrogen and oxygen atoms in total. The molecule has 0 saturated carbocycles. The molecule has 0 bridgehead atoms. The molecule has 152 valence electrons. The van der Waals surface area contributed by atoms with Crippen LogP contribution in [-0.2, 0) is 17.8 Å². The second kappa shape index (κ2) is 11.3. The number of nitrogens with zero attached hydrogens (tertiary/aromatic N) is 2. The molecule has 0 radical (unpaired) electrons. The van der Waals surface area contributed by atoms with Gasteiger partial charge in [-0.25, -0.2) is 9.97 Å². The number of phenols is 1. The minimum Gasteiger partial charge on any atom is -0.508 e. The van der Waals surface area contributed by atoms with Gasteiger partial charge < -0.3 is 9.84 Å². The van der Waals surface area contributed by atoms with Crippen LogP contribution in [0.1, 0.15) is 50.2 Å². The van der Waals surface area contributed by atoms with E-state index in [0.29, 0.717) is 18.5 Å². The Labute approximate surface area is 173 Å². The topological polar surface area (TPSA) is 55.2 Å². The molecule has 1 heterocycles. The summed E-state index contributed by atoms with van der Waals surface area (Å²) in [6.07, 6.45) is 11.0. The van der Waals surface area contributed by atoms with Gasteiger partial charge in [-0.15, -0.1) is 0 Å². The zero-order valence-corrected chi connectivity index (χ0v) is 17.1. The fourth-order valence-electron chi connectivity index (χ4n) is 3.25. The fourth-order valence-corrected chi connectivity index (χ4v) is 3.25. The zero-order chi connectivity index (χ0) is 20.3. The van der Waals surface area contributed by atoms with E-state index in [0.717, 1.165) is 24.8 Å². The Morgan fingerprint density at radius 1 is 0.828 bits per heavy atom. The summed E-state index contributed by atoms with van der Waals surface area (Å²) in [7, 11) is 0. The normalized spacial score (nSPS) is 12.0. The van der Waals surface area contributed by atoms with Crippen LogP contribution in [0.15, 0.2) is 67.0 Å². The third-order valence-electron chi connectivity index (χ3n) is 5.03. The third kappa shape index (κ3) is 7.31. The predicted molar refractivity (Wildman–Crippen MR) is 117 cm³/mol. The maximum Gasteiger partial charge on any atom is 0.159 e. The average molecular weight is 391 g/mol. The van der Waals surface area contributed by atoms with Crippen LogP contribution in [0.5, 0.6) is 5.75 Å². The highest BCUT2D eigenvalue weighted by Gasteiger charge is 2.04. The number of aromatic hydroxyl groups is 1. The van der Waals surface area contributed by atoms with Crippen molar-refractivity contribution in [2.75, 3.05) is 0 Å². The van der Waals surface area contributed by atoms with Crippen molar-refractivity contribution in [3.05, 3.63) is 78.1 Å². The summed E-state index contributed by atoms with van der Waals surface area (Å²) in [5, 5.41) is 9.36. The third-order valence-corrected chi connectivity index (χ3v) is 5.03. The van der Waals surface area contributed by atoms with E-state index in [4.69, 9.17) is 4.74 Å². The van der Waals surface area contributed by atoms with E-state index in [9.17, 15) is 5.11 Å². The van der Waals surface area contributed by atoms with Gasteiger partial charge in [-0.2, -0.15) is 0 Å². The van der Waals surface area contributed by atoms with E-state index in [1.54, 1.807) is 12.1 Å². The number of aryl methyl sites for hydroxylation is 1. The molecule has 0 aliphatic rings. The molecule has 1 atom stereocenters. The molecule has 0 aliphatic carbocycles. The first-order valence-corrected chi connectivity index (χ1v) is 10.5. The number of rotatable bonds is 11. The molecule has 3 aromatic rings. The molecule has 3 rings (SSSR count). The van der Waals surface area contributed by atoms with Gasteiger partial charge in [-0.05, 0) is 61.6 Å². The second-order valence-corrected chi connectivity index (χ2v) is 7.52. The Bertz CT molecular complexity index is 833. The van der Waals surface area contributed by atoms with E-state index in [2.05, 4.69) is 41.2 Å². The van der Waals surface area contributed by atoms with Gasteiger partial charge in [0.25, 0.3) is 0 Å². The largest absolute Gasteiger partial charge is 0.508 e. The molecule has 2 aromatic carbocycles. The van der Waals surface area contributed by atoms with Crippen LogP contribution in [0.2, 0.25) is 0 Å². The molecule has 0 spiro atoms. The molecular weight excluding hydrogens is 360 g/mol. The maximum atomic E-state index is 9.36. The average Bonchev–Trinajstić information content (AvgIpc) is 2.76. The van der Waals surface area contributed by atoms with Crippen molar-refractivity contribution in [2.45, 2.75) is 58.2 Å². The molecule has 1 N–H and O–H groups in total. The summed E-state index contributed by atoms with van der Waals surface area (Å²) in [4.78, 5) is 8.91. The van der Waals surface area contributed by atoms with Crippen LogP contribution in [0.25, 0.3) is 11.4 Å². The number of phenolic OH excluding ortho intramolecular Hbond substituents is 1. The monoisotopic (exact) mass is 390 g/mol. The molecule has 1 aromatic heterocycles. The highest BCUT2D eigenvalue weighted by molar-refractivity contribution is 5.55. The smallest absolute Gasteiger partial charge is 0.159 e.